The van der Waals surface area contributed by atoms with Crippen molar-refractivity contribution in [2.45, 2.75) is 203 Å². The molecule has 2 aliphatic heterocycles. The molecule has 2 fully saturated rings. The van der Waals surface area contributed by atoms with E-state index in [0.717, 1.165) is 77.0 Å². The highest BCUT2D eigenvalue weighted by atomic mass is 16.7. The van der Waals surface area contributed by atoms with E-state index in [4.69, 9.17) is 28.4 Å². The summed E-state index contributed by atoms with van der Waals surface area (Å²) in [6.07, 6.45) is 18.0. The van der Waals surface area contributed by atoms with Crippen molar-refractivity contribution in [1.29, 1.82) is 0 Å². The van der Waals surface area contributed by atoms with Gasteiger partial charge in [-0.15, -0.1) is 0 Å². The highest BCUT2D eigenvalue weighted by Crippen LogP contribution is 2.26. The molecule has 61 heavy (non-hydrogen) atoms. The fourth-order valence-electron chi connectivity index (χ4n) is 6.79. The summed E-state index contributed by atoms with van der Waals surface area (Å²) in [7, 11) is 0. The third-order valence-corrected chi connectivity index (χ3v) is 10.6. The van der Waals surface area contributed by atoms with Crippen molar-refractivity contribution in [3.05, 3.63) is 48.6 Å². The van der Waals surface area contributed by atoms with Crippen LogP contribution < -0.4 is 0 Å². The molecule has 2 aliphatic rings. The average Bonchev–Trinajstić information content (AvgIpc) is 3.25. The van der Waals surface area contributed by atoms with Gasteiger partial charge in [-0.05, 0) is 51.4 Å². The Labute approximate surface area is 363 Å². The summed E-state index contributed by atoms with van der Waals surface area (Å²) >= 11 is 0. The van der Waals surface area contributed by atoms with Crippen molar-refractivity contribution in [2.75, 3.05) is 26.4 Å². The Hall–Kier alpha value is -2.54. The van der Waals surface area contributed by atoms with Crippen LogP contribution in [0.25, 0.3) is 0 Å². The van der Waals surface area contributed by atoms with Gasteiger partial charge in [0.2, 0.25) is 0 Å². The average molecular weight is 871 g/mol. The van der Waals surface area contributed by atoms with Gasteiger partial charge in [-0.3, -0.25) is 9.59 Å². The fourth-order valence-corrected chi connectivity index (χ4v) is 6.79. The van der Waals surface area contributed by atoms with E-state index in [1.165, 1.54) is 19.3 Å². The van der Waals surface area contributed by atoms with Crippen LogP contribution >= 0.6 is 0 Å². The number of rotatable bonds is 33. The third kappa shape index (κ3) is 23.1. The molecular formula is C46H78O15. The molecule has 0 aromatic rings. The summed E-state index contributed by atoms with van der Waals surface area (Å²) in [5, 5.41) is 71.6. The molecule has 0 bridgehead atoms. The maximum Gasteiger partial charge on any atom is 0.306 e. The maximum absolute atomic E-state index is 12.9. The lowest BCUT2D eigenvalue weighted by atomic mass is 9.98. The number of unbranched alkanes of at least 4 members (excludes halogenated alkanes) is 11. The predicted octanol–water partition coefficient (Wildman–Crippen LogP) is 4.76. The van der Waals surface area contributed by atoms with Crippen LogP contribution in [0.1, 0.15) is 136 Å². The first-order valence-electron chi connectivity index (χ1n) is 22.7. The number of carbonyl (C=O) groups excluding carboxylic acids is 2. The van der Waals surface area contributed by atoms with E-state index in [1.54, 1.807) is 0 Å². The second kappa shape index (κ2) is 33.9. The molecule has 11 atom stereocenters. The molecule has 0 radical (unpaired) electrons. The van der Waals surface area contributed by atoms with Crippen molar-refractivity contribution in [1.82, 2.24) is 0 Å². The zero-order chi connectivity index (χ0) is 44.7. The number of hydrogen-bond acceptors (Lipinski definition) is 15. The van der Waals surface area contributed by atoms with E-state index in [0.29, 0.717) is 12.8 Å². The molecule has 0 aliphatic carbocycles. The number of carbonyl (C=O) groups is 2. The summed E-state index contributed by atoms with van der Waals surface area (Å²) in [5.74, 6) is -0.959. The number of aliphatic hydroxyl groups is 7. The molecule has 15 heteroatoms. The smallest absolute Gasteiger partial charge is 0.306 e. The first-order chi connectivity index (χ1) is 29.5. The Morgan fingerprint density at radius 1 is 0.541 bits per heavy atom. The number of esters is 2. The minimum absolute atomic E-state index is 0.154. The quantitative estimate of drug-likeness (QED) is 0.0268. The van der Waals surface area contributed by atoms with Crippen LogP contribution in [0.2, 0.25) is 0 Å². The summed E-state index contributed by atoms with van der Waals surface area (Å²) in [4.78, 5) is 25.3. The Bertz CT molecular complexity index is 1260. The molecule has 352 valence electrons. The molecule has 0 amide bonds. The molecule has 0 saturated carbocycles. The van der Waals surface area contributed by atoms with Crippen molar-refractivity contribution >= 4 is 11.9 Å². The van der Waals surface area contributed by atoms with Gasteiger partial charge in [-0.1, -0.05) is 120 Å². The van der Waals surface area contributed by atoms with Crippen LogP contribution in [0.5, 0.6) is 0 Å². The van der Waals surface area contributed by atoms with Crippen LogP contribution in [0.3, 0.4) is 0 Å². The molecular weight excluding hydrogens is 792 g/mol. The SMILES string of the molecule is CC/C=C\C/C=C\C/C=C\C/C=C\CCCCCCCCCCC(=O)OC(COC(=O)CCCCCC)COC1OC(COC2OC(CO)C(O)C(O)C2O)C(O)C(O)C1O. The summed E-state index contributed by atoms with van der Waals surface area (Å²) in [6.45, 7) is 2.30. The number of aliphatic hydroxyl groups excluding tert-OH is 7. The summed E-state index contributed by atoms with van der Waals surface area (Å²) < 4.78 is 33.2. The van der Waals surface area contributed by atoms with Crippen LogP contribution in [0.15, 0.2) is 48.6 Å². The van der Waals surface area contributed by atoms with Crippen molar-refractivity contribution in [3.63, 3.8) is 0 Å². The molecule has 0 spiro atoms. The monoisotopic (exact) mass is 871 g/mol. The number of ether oxygens (including phenoxy) is 6. The Morgan fingerprint density at radius 2 is 1.03 bits per heavy atom. The number of hydrogen-bond donors (Lipinski definition) is 7. The van der Waals surface area contributed by atoms with Crippen LogP contribution in [-0.4, -0.2) is 142 Å². The van der Waals surface area contributed by atoms with E-state index in [-0.39, 0.29) is 26.1 Å². The van der Waals surface area contributed by atoms with Gasteiger partial charge in [0.15, 0.2) is 18.7 Å². The normalized spacial score (nSPS) is 27.8. The minimum Gasteiger partial charge on any atom is -0.462 e. The van der Waals surface area contributed by atoms with Crippen molar-refractivity contribution in [3.8, 4) is 0 Å². The van der Waals surface area contributed by atoms with Gasteiger partial charge in [0.1, 0.15) is 55.4 Å². The highest BCUT2D eigenvalue weighted by Gasteiger charge is 2.47. The van der Waals surface area contributed by atoms with Gasteiger partial charge < -0.3 is 64.2 Å². The molecule has 0 aromatic carbocycles. The van der Waals surface area contributed by atoms with Gasteiger partial charge in [0, 0.05) is 12.8 Å². The van der Waals surface area contributed by atoms with Crippen LogP contribution in [-0.2, 0) is 38.0 Å². The Morgan fingerprint density at radius 3 is 1.62 bits per heavy atom. The second-order valence-corrected chi connectivity index (χ2v) is 15.9. The molecule has 2 rings (SSSR count). The van der Waals surface area contributed by atoms with E-state index in [1.807, 2.05) is 0 Å². The lowest BCUT2D eigenvalue weighted by molar-refractivity contribution is -0.332. The topological polar surface area (TPSA) is 231 Å². The van der Waals surface area contributed by atoms with Gasteiger partial charge in [-0.2, -0.15) is 0 Å². The van der Waals surface area contributed by atoms with Crippen LogP contribution in [0, 0.1) is 0 Å². The van der Waals surface area contributed by atoms with E-state index in [9.17, 15) is 45.3 Å². The Balaban J connectivity index is 1.74. The third-order valence-electron chi connectivity index (χ3n) is 10.6. The van der Waals surface area contributed by atoms with Gasteiger partial charge >= 0.3 is 11.9 Å². The first-order valence-corrected chi connectivity index (χ1v) is 22.7. The maximum atomic E-state index is 12.9. The predicted molar refractivity (Wildman–Crippen MR) is 229 cm³/mol. The minimum atomic E-state index is -1.76. The van der Waals surface area contributed by atoms with Gasteiger partial charge in [0.05, 0.1) is 19.8 Å². The van der Waals surface area contributed by atoms with E-state index in [2.05, 4.69) is 62.5 Å². The summed E-state index contributed by atoms with van der Waals surface area (Å²) in [6, 6.07) is 0. The molecule has 2 heterocycles. The lowest BCUT2D eigenvalue weighted by Gasteiger charge is -2.42. The van der Waals surface area contributed by atoms with Crippen molar-refractivity contribution < 1.29 is 73.8 Å². The molecule has 0 aromatic heterocycles. The van der Waals surface area contributed by atoms with Crippen LogP contribution in [0.4, 0.5) is 0 Å². The van der Waals surface area contributed by atoms with E-state index >= 15 is 0 Å². The second-order valence-electron chi connectivity index (χ2n) is 15.9. The fraction of sp³-hybridized carbons (Fsp3) is 0.783. The molecule has 2 saturated heterocycles. The lowest BCUT2D eigenvalue weighted by Crippen LogP contribution is -2.61. The largest absolute Gasteiger partial charge is 0.462 e. The number of allylic oxidation sites excluding steroid dienone is 8. The van der Waals surface area contributed by atoms with Crippen molar-refractivity contribution in [2.24, 2.45) is 0 Å². The molecule has 7 N–H and O–H groups in total. The highest BCUT2D eigenvalue weighted by molar-refractivity contribution is 5.70. The van der Waals surface area contributed by atoms with Gasteiger partial charge in [0.25, 0.3) is 0 Å². The molecule has 11 unspecified atom stereocenters. The standard InChI is InChI=1S/C46H78O15/c1-3-5-7-9-10-11-12-13-14-15-16-17-18-19-20-21-22-23-24-25-27-29-38(49)59-34(31-56-37(48)28-26-8-6-4-2)32-57-45-44(55)42(53)40(51)36(61-45)33-58-46-43(54)41(52)39(50)35(30-47)60-46/h5,7,10-11,13-14,16-17,34-36,39-47,50-55H,3-4,6,8-9,12,15,18-33H2,1-2H3/b7-5-,11-10-,14-13-,17-16-. The Kier molecular flexibility index (Phi) is 30.4. The first kappa shape index (κ1) is 54.6. The zero-order valence-corrected chi connectivity index (χ0v) is 36.6. The zero-order valence-electron chi connectivity index (χ0n) is 36.6. The van der Waals surface area contributed by atoms with E-state index < -0.39 is 92.7 Å². The molecule has 15 nitrogen and oxygen atoms in total. The van der Waals surface area contributed by atoms with Gasteiger partial charge in [-0.25, -0.2) is 0 Å². The summed E-state index contributed by atoms with van der Waals surface area (Å²) in [5.41, 5.74) is 0.